The van der Waals surface area contributed by atoms with Crippen molar-refractivity contribution in [1.29, 1.82) is 0 Å². The SMILES string of the molecule is CCN(CC)S(=O)(=O)c1ccc(NCc2ccnc(N3CCCC3)c2)c([N+](=O)[O-])c1. The Bertz CT molecular complexity index is 1000. The molecule has 1 fully saturated rings. The Kier molecular flexibility index (Phi) is 6.88. The molecule has 1 aliphatic rings. The van der Waals surface area contributed by atoms with E-state index in [9.17, 15) is 18.5 Å². The maximum atomic E-state index is 12.7. The largest absolute Gasteiger partial charge is 0.375 e. The molecule has 2 heterocycles. The van der Waals surface area contributed by atoms with Crippen LogP contribution in [-0.4, -0.2) is 48.8 Å². The quantitative estimate of drug-likeness (QED) is 0.478. The Morgan fingerprint density at radius 2 is 1.87 bits per heavy atom. The molecule has 10 heteroatoms. The lowest BCUT2D eigenvalue weighted by Crippen LogP contribution is -2.30. The van der Waals surface area contributed by atoms with Gasteiger partial charge in [0.25, 0.3) is 5.69 Å². The molecule has 0 aliphatic carbocycles. The first-order chi connectivity index (χ1) is 14.4. The number of nitrogens with one attached hydrogen (secondary N) is 1. The zero-order valence-electron chi connectivity index (χ0n) is 17.2. The predicted molar refractivity (Wildman–Crippen MR) is 116 cm³/mol. The van der Waals surface area contributed by atoms with Crippen molar-refractivity contribution >= 4 is 27.2 Å². The summed E-state index contributed by atoms with van der Waals surface area (Å²) in [6.07, 6.45) is 4.04. The molecular formula is C20H27N5O4S. The smallest absolute Gasteiger partial charge is 0.293 e. The van der Waals surface area contributed by atoms with Gasteiger partial charge in [0.2, 0.25) is 10.0 Å². The summed E-state index contributed by atoms with van der Waals surface area (Å²) in [6.45, 7) is 6.40. The van der Waals surface area contributed by atoms with Crippen LogP contribution < -0.4 is 10.2 Å². The van der Waals surface area contributed by atoms with Gasteiger partial charge >= 0.3 is 0 Å². The fraction of sp³-hybridized carbons (Fsp3) is 0.450. The van der Waals surface area contributed by atoms with E-state index in [1.807, 2.05) is 12.1 Å². The number of pyridine rings is 1. The highest BCUT2D eigenvalue weighted by molar-refractivity contribution is 7.89. The minimum Gasteiger partial charge on any atom is -0.375 e. The highest BCUT2D eigenvalue weighted by Crippen LogP contribution is 2.29. The number of hydrogen-bond acceptors (Lipinski definition) is 7. The summed E-state index contributed by atoms with van der Waals surface area (Å²) < 4.78 is 26.7. The summed E-state index contributed by atoms with van der Waals surface area (Å²) in [6, 6.07) is 7.82. The highest BCUT2D eigenvalue weighted by atomic mass is 32.2. The first-order valence-electron chi connectivity index (χ1n) is 10.1. The summed E-state index contributed by atoms with van der Waals surface area (Å²) in [5.74, 6) is 0.905. The number of nitro benzene ring substituents is 1. The maximum absolute atomic E-state index is 12.7. The highest BCUT2D eigenvalue weighted by Gasteiger charge is 2.25. The van der Waals surface area contributed by atoms with Gasteiger partial charge in [-0.1, -0.05) is 13.8 Å². The molecule has 1 aliphatic heterocycles. The zero-order valence-corrected chi connectivity index (χ0v) is 18.1. The van der Waals surface area contributed by atoms with Crippen LogP contribution in [-0.2, 0) is 16.6 Å². The van der Waals surface area contributed by atoms with E-state index in [-0.39, 0.29) is 16.3 Å². The summed E-state index contributed by atoms with van der Waals surface area (Å²) in [5, 5.41) is 14.7. The van der Waals surface area contributed by atoms with E-state index >= 15 is 0 Å². The molecule has 0 atom stereocenters. The minimum absolute atomic E-state index is 0.0799. The number of anilines is 2. The van der Waals surface area contributed by atoms with Gasteiger partial charge in [-0.25, -0.2) is 13.4 Å². The molecule has 2 aromatic rings. The molecule has 162 valence electrons. The van der Waals surface area contributed by atoms with Crippen LogP contribution in [0.25, 0.3) is 0 Å². The van der Waals surface area contributed by atoms with Crippen molar-refractivity contribution in [2.24, 2.45) is 0 Å². The van der Waals surface area contributed by atoms with Gasteiger partial charge in [-0.2, -0.15) is 4.31 Å². The summed E-state index contributed by atoms with van der Waals surface area (Å²) >= 11 is 0. The lowest BCUT2D eigenvalue weighted by atomic mass is 10.2. The molecule has 0 unspecified atom stereocenters. The lowest BCUT2D eigenvalue weighted by Gasteiger charge is -2.19. The average Bonchev–Trinajstić information content (AvgIpc) is 3.28. The first kappa shape index (κ1) is 22.0. The fourth-order valence-corrected chi connectivity index (χ4v) is 5.05. The average molecular weight is 434 g/mol. The van der Waals surface area contributed by atoms with Crippen molar-refractivity contribution in [2.75, 3.05) is 36.4 Å². The van der Waals surface area contributed by atoms with Gasteiger partial charge in [0, 0.05) is 45.0 Å². The molecule has 3 rings (SSSR count). The maximum Gasteiger partial charge on any atom is 0.293 e. The molecule has 9 nitrogen and oxygen atoms in total. The third-order valence-electron chi connectivity index (χ3n) is 5.23. The predicted octanol–water partition coefficient (Wildman–Crippen LogP) is 3.23. The Hall–Kier alpha value is -2.72. The number of sulfonamides is 1. The second-order valence-corrected chi connectivity index (χ2v) is 9.03. The molecule has 1 N–H and O–H groups in total. The van der Waals surface area contributed by atoms with Crippen LogP contribution in [0, 0.1) is 10.1 Å². The summed E-state index contributed by atoms with van der Waals surface area (Å²) in [7, 11) is -3.77. The fourth-order valence-electron chi connectivity index (χ4n) is 3.57. The number of benzene rings is 1. The minimum atomic E-state index is -3.77. The Labute approximate surface area is 176 Å². The van der Waals surface area contributed by atoms with E-state index in [2.05, 4.69) is 15.2 Å². The van der Waals surface area contributed by atoms with Crippen LogP contribution in [0.2, 0.25) is 0 Å². The standard InChI is InChI=1S/C20H27N5O4S/c1-3-24(4-2)30(28,29)17-7-8-18(19(14-17)25(26)27)22-15-16-9-10-21-20(13-16)23-11-5-6-12-23/h7-10,13-14,22H,3-6,11-12,15H2,1-2H3. The number of rotatable bonds is 9. The number of aromatic nitrogens is 1. The molecule has 0 spiro atoms. The Morgan fingerprint density at radius 3 is 2.50 bits per heavy atom. The Balaban J connectivity index is 1.81. The third-order valence-corrected chi connectivity index (χ3v) is 7.28. The van der Waals surface area contributed by atoms with Crippen molar-refractivity contribution in [1.82, 2.24) is 9.29 Å². The van der Waals surface area contributed by atoms with Crippen LogP contribution in [0.15, 0.2) is 41.4 Å². The monoisotopic (exact) mass is 433 g/mol. The molecule has 0 saturated carbocycles. The number of hydrogen-bond donors (Lipinski definition) is 1. The van der Waals surface area contributed by atoms with Gasteiger partial charge in [-0.05, 0) is 42.7 Å². The van der Waals surface area contributed by atoms with E-state index in [0.29, 0.717) is 19.6 Å². The summed E-state index contributed by atoms with van der Waals surface area (Å²) in [4.78, 5) is 17.6. The molecule has 0 bridgehead atoms. The second-order valence-electron chi connectivity index (χ2n) is 7.10. The van der Waals surface area contributed by atoms with Crippen LogP contribution in [0.1, 0.15) is 32.3 Å². The first-order valence-corrected chi connectivity index (χ1v) is 11.5. The second kappa shape index (κ2) is 9.40. The van der Waals surface area contributed by atoms with Gasteiger partial charge in [-0.15, -0.1) is 0 Å². The zero-order chi connectivity index (χ0) is 21.7. The normalized spacial score (nSPS) is 14.3. The lowest BCUT2D eigenvalue weighted by molar-refractivity contribution is -0.384. The van der Waals surface area contributed by atoms with Crippen molar-refractivity contribution in [3.05, 3.63) is 52.2 Å². The van der Waals surface area contributed by atoms with Crippen molar-refractivity contribution in [2.45, 2.75) is 38.1 Å². The van der Waals surface area contributed by atoms with Crippen molar-refractivity contribution in [3.63, 3.8) is 0 Å². The van der Waals surface area contributed by atoms with Crippen LogP contribution in [0.3, 0.4) is 0 Å². The van der Waals surface area contributed by atoms with E-state index < -0.39 is 14.9 Å². The van der Waals surface area contributed by atoms with Gasteiger partial charge < -0.3 is 10.2 Å². The molecular weight excluding hydrogens is 406 g/mol. The van der Waals surface area contributed by atoms with Gasteiger partial charge in [0.05, 0.1) is 9.82 Å². The van der Waals surface area contributed by atoms with Gasteiger partial charge in [0.15, 0.2) is 0 Å². The molecule has 30 heavy (non-hydrogen) atoms. The van der Waals surface area contributed by atoms with Crippen molar-refractivity contribution in [3.8, 4) is 0 Å². The van der Waals surface area contributed by atoms with E-state index in [0.717, 1.165) is 43.4 Å². The van der Waals surface area contributed by atoms with Gasteiger partial charge in [-0.3, -0.25) is 10.1 Å². The number of nitrogens with zero attached hydrogens (tertiary/aromatic N) is 4. The Morgan fingerprint density at radius 1 is 1.17 bits per heavy atom. The van der Waals surface area contributed by atoms with Crippen molar-refractivity contribution < 1.29 is 13.3 Å². The van der Waals surface area contributed by atoms with E-state index in [4.69, 9.17) is 0 Å². The molecule has 1 aromatic carbocycles. The number of nitro groups is 1. The van der Waals surface area contributed by atoms with Crippen LogP contribution in [0.5, 0.6) is 0 Å². The van der Waals surface area contributed by atoms with E-state index in [1.54, 1.807) is 20.0 Å². The van der Waals surface area contributed by atoms with Crippen LogP contribution >= 0.6 is 0 Å². The third kappa shape index (κ3) is 4.71. The van der Waals surface area contributed by atoms with E-state index in [1.165, 1.54) is 16.4 Å². The molecule has 0 radical (unpaired) electrons. The summed E-state index contributed by atoms with van der Waals surface area (Å²) in [5.41, 5.74) is 0.955. The topological polar surface area (TPSA) is 109 Å². The van der Waals surface area contributed by atoms with Crippen LogP contribution in [0.4, 0.5) is 17.2 Å². The molecule has 1 aromatic heterocycles. The molecule has 1 saturated heterocycles. The van der Waals surface area contributed by atoms with Gasteiger partial charge in [0.1, 0.15) is 11.5 Å². The molecule has 0 amide bonds.